The summed E-state index contributed by atoms with van der Waals surface area (Å²) in [6.07, 6.45) is 2.63. The van der Waals surface area contributed by atoms with E-state index in [0.717, 1.165) is 16.3 Å². The van der Waals surface area contributed by atoms with Crippen molar-refractivity contribution in [1.82, 2.24) is 14.5 Å². The van der Waals surface area contributed by atoms with Gasteiger partial charge in [0.15, 0.2) is 0 Å². The van der Waals surface area contributed by atoms with Crippen molar-refractivity contribution in [3.8, 4) is 0 Å². The summed E-state index contributed by atoms with van der Waals surface area (Å²) in [5.74, 6) is -0.541. The highest BCUT2D eigenvalue weighted by atomic mass is 32.2. The van der Waals surface area contributed by atoms with E-state index in [1.807, 2.05) is 0 Å². The van der Waals surface area contributed by atoms with Crippen LogP contribution in [-0.2, 0) is 18.9 Å². The Kier molecular flexibility index (Phi) is 2.95. The van der Waals surface area contributed by atoms with Gasteiger partial charge in [0, 0.05) is 20.3 Å². The molecule has 1 N–H and O–H groups in total. The van der Waals surface area contributed by atoms with Crippen LogP contribution >= 0.6 is 11.8 Å². The van der Waals surface area contributed by atoms with Gasteiger partial charge in [0.25, 0.3) is 16.7 Å². The van der Waals surface area contributed by atoms with E-state index in [9.17, 15) is 19.2 Å². The molecule has 2 heterocycles. The highest BCUT2D eigenvalue weighted by Crippen LogP contribution is 2.24. The second-order valence-electron chi connectivity index (χ2n) is 3.69. The van der Waals surface area contributed by atoms with Crippen LogP contribution in [0, 0.1) is 0 Å². The number of carbonyl (C=O) groups is 2. The first-order valence-electron chi connectivity index (χ1n) is 4.91. The van der Waals surface area contributed by atoms with Gasteiger partial charge in [0.2, 0.25) is 0 Å². The number of imide groups is 1. The van der Waals surface area contributed by atoms with E-state index in [1.165, 1.54) is 30.9 Å². The molecule has 0 bridgehead atoms. The number of hydrogen-bond donors (Lipinski definition) is 1. The lowest BCUT2D eigenvalue weighted by atomic mass is 10.3. The number of amides is 2. The largest absolute Gasteiger partial charge is 0.330 e. The molecule has 0 aliphatic carbocycles. The quantitative estimate of drug-likeness (QED) is 0.687. The van der Waals surface area contributed by atoms with Gasteiger partial charge in [0.05, 0.1) is 10.5 Å². The molecular formula is C10H9N3O4S. The number of hydrogen-bond acceptors (Lipinski definition) is 5. The molecule has 0 saturated carbocycles. The maximum atomic E-state index is 11.8. The van der Waals surface area contributed by atoms with Crippen molar-refractivity contribution in [2.45, 2.75) is 0 Å². The third-order valence-corrected chi connectivity index (χ3v) is 3.21. The maximum Gasteiger partial charge on any atom is 0.330 e. The van der Waals surface area contributed by atoms with Crippen molar-refractivity contribution in [2.24, 2.45) is 14.1 Å². The molecular weight excluding hydrogens is 258 g/mol. The molecule has 8 heteroatoms. The topological polar surface area (TPSA) is 90.2 Å². The second kappa shape index (κ2) is 4.30. The molecule has 1 aliphatic rings. The Bertz CT molecular complexity index is 698. The zero-order valence-corrected chi connectivity index (χ0v) is 10.4. The minimum atomic E-state index is -0.541. The molecule has 1 aromatic heterocycles. The molecule has 0 atom stereocenters. The van der Waals surface area contributed by atoms with Crippen molar-refractivity contribution in [1.29, 1.82) is 0 Å². The third kappa shape index (κ3) is 2.02. The molecule has 0 spiro atoms. The van der Waals surface area contributed by atoms with E-state index in [2.05, 4.69) is 5.32 Å². The minimum absolute atomic E-state index is 0.135. The highest BCUT2D eigenvalue weighted by molar-refractivity contribution is 8.18. The smallest absolute Gasteiger partial charge is 0.303 e. The lowest BCUT2D eigenvalue weighted by molar-refractivity contribution is -0.115. The van der Waals surface area contributed by atoms with Crippen molar-refractivity contribution in [3.05, 3.63) is 37.5 Å². The lowest BCUT2D eigenvalue weighted by Crippen LogP contribution is -2.37. The van der Waals surface area contributed by atoms with E-state index in [-0.39, 0.29) is 10.5 Å². The molecule has 18 heavy (non-hydrogen) atoms. The monoisotopic (exact) mass is 267 g/mol. The van der Waals surface area contributed by atoms with Crippen molar-refractivity contribution in [3.63, 3.8) is 0 Å². The summed E-state index contributed by atoms with van der Waals surface area (Å²) in [5, 5.41) is 1.61. The van der Waals surface area contributed by atoms with Gasteiger partial charge in [-0.25, -0.2) is 4.79 Å². The van der Waals surface area contributed by atoms with E-state index in [1.54, 1.807) is 0 Å². The fourth-order valence-electron chi connectivity index (χ4n) is 1.50. The van der Waals surface area contributed by atoms with Crippen LogP contribution in [0.15, 0.2) is 20.7 Å². The summed E-state index contributed by atoms with van der Waals surface area (Å²) in [6.45, 7) is 0. The van der Waals surface area contributed by atoms with Gasteiger partial charge in [-0.2, -0.15) is 0 Å². The molecule has 2 rings (SSSR count). The number of nitrogens with zero attached hydrogens (tertiary/aromatic N) is 2. The van der Waals surface area contributed by atoms with Gasteiger partial charge in [-0.3, -0.25) is 24.3 Å². The molecule has 7 nitrogen and oxygen atoms in total. The lowest BCUT2D eigenvalue weighted by Gasteiger charge is -2.03. The van der Waals surface area contributed by atoms with Crippen LogP contribution in [0.5, 0.6) is 0 Å². The van der Waals surface area contributed by atoms with E-state index in [4.69, 9.17) is 0 Å². The van der Waals surface area contributed by atoms with Gasteiger partial charge < -0.3 is 4.57 Å². The molecule has 0 aromatic carbocycles. The van der Waals surface area contributed by atoms with E-state index in [0.29, 0.717) is 0 Å². The summed E-state index contributed by atoms with van der Waals surface area (Å²) < 4.78 is 2.17. The van der Waals surface area contributed by atoms with Crippen LogP contribution in [-0.4, -0.2) is 20.3 Å². The Morgan fingerprint density at radius 1 is 1.22 bits per heavy atom. The normalized spacial score (nSPS) is 17.3. The molecule has 1 aromatic rings. The van der Waals surface area contributed by atoms with E-state index < -0.39 is 22.4 Å². The first-order valence-corrected chi connectivity index (χ1v) is 5.73. The van der Waals surface area contributed by atoms with Crippen molar-refractivity contribution in [2.75, 3.05) is 0 Å². The molecule has 2 amide bonds. The third-order valence-electron chi connectivity index (χ3n) is 2.40. The highest BCUT2D eigenvalue weighted by Gasteiger charge is 2.25. The predicted octanol–water partition coefficient (Wildman–Crippen LogP) is -0.592. The number of aryl methyl sites for hydroxylation is 1. The zero-order valence-electron chi connectivity index (χ0n) is 9.59. The van der Waals surface area contributed by atoms with Crippen LogP contribution in [0.4, 0.5) is 4.79 Å². The zero-order chi connectivity index (χ0) is 13.4. The number of aromatic nitrogens is 2. The predicted molar refractivity (Wildman–Crippen MR) is 66.0 cm³/mol. The van der Waals surface area contributed by atoms with E-state index >= 15 is 0 Å². The van der Waals surface area contributed by atoms with Crippen LogP contribution < -0.4 is 16.6 Å². The Morgan fingerprint density at radius 2 is 1.89 bits per heavy atom. The molecule has 0 radical (unpaired) electrons. The van der Waals surface area contributed by atoms with Crippen molar-refractivity contribution < 1.29 is 9.59 Å². The number of thioether (sulfide) groups is 1. The summed E-state index contributed by atoms with van der Waals surface area (Å²) in [4.78, 5) is 45.7. The van der Waals surface area contributed by atoms with Crippen LogP contribution in [0.2, 0.25) is 0 Å². The summed E-state index contributed by atoms with van der Waals surface area (Å²) in [5.41, 5.74) is -0.799. The maximum absolute atomic E-state index is 11.8. The van der Waals surface area contributed by atoms with Gasteiger partial charge >= 0.3 is 5.69 Å². The number of rotatable bonds is 1. The Balaban J connectivity index is 2.58. The molecule has 1 fully saturated rings. The average molecular weight is 267 g/mol. The molecule has 94 valence electrons. The standard InChI is InChI=1S/C10H9N3O4S/c1-12-4-5(8(15)13(2)10(12)17)3-6-7(14)11-9(16)18-6/h3-4H,1-2H3,(H,11,14,16)/b6-3-. The van der Waals surface area contributed by atoms with Crippen LogP contribution in [0.25, 0.3) is 6.08 Å². The molecule has 1 aliphatic heterocycles. The van der Waals surface area contributed by atoms with Crippen LogP contribution in [0.1, 0.15) is 5.56 Å². The van der Waals surface area contributed by atoms with Crippen LogP contribution in [0.3, 0.4) is 0 Å². The Morgan fingerprint density at radius 3 is 2.44 bits per heavy atom. The molecule has 0 unspecified atom stereocenters. The summed E-state index contributed by atoms with van der Waals surface area (Å²) in [7, 11) is 2.84. The number of nitrogens with one attached hydrogen (secondary N) is 1. The summed E-state index contributed by atoms with van der Waals surface area (Å²) >= 11 is 0.719. The van der Waals surface area contributed by atoms with Gasteiger partial charge in [-0.15, -0.1) is 0 Å². The second-order valence-corrected chi connectivity index (χ2v) is 4.71. The fraction of sp³-hybridized carbons (Fsp3) is 0.200. The van der Waals surface area contributed by atoms with Gasteiger partial charge in [-0.1, -0.05) is 0 Å². The average Bonchev–Trinajstić information content (AvgIpc) is 2.62. The van der Waals surface area contributed by atoms with Gasteiger partial charge in [-0.05, 0) is 17.8 Å². The first kappa shape index (κ1) is 12.4. The Hall–Kier alpha value is -2.09. The van der Waals surface area contributed by atoms with Gasteiger partial charge in [0.1, 0.15) is 0 Å². The minimum Gasteiger partial charge on any atom is -0.303 e. The fourth-order valence-corrected chi connectivity index (χ4v) is 2.17. The molecule has 1 saturated heterocycles. The number of carbonyl (C=O) groups excluding carboxylic acids is 2. The van der Waals surface area contributed by atoms with Crippen molar-refractivity contribution >= 4 is 29.0 Å². The first-order chi connectivity index (χ1) is 8.40. The Labute approximate surface area is 105 Å². The SMILES string of the molecule is Cn1cc(/C=C2\SC(=O)NC2=O)c(=O)n(C)c1=O. The summed E-state index contributed by atoms with van der Waals surface area (Å²) in [6, 6.07) is 0.